The van der Waals surface area contributed by atoms with Gasteiger partial charge >= 0.3 is 11.6 Å². The molecular weight excluding hydrogens is 374 g/mol. The van der Waals surface area contributed by atoms with Crippen molar-refractivity contribution >= 4 is 34.2 Å². The lowest BCUT2D eigenvalue weighted by Crippen LogP contribution is -2.08. The van der Waals surface area contributed by atoms with Crippen LogP contribution in [-0.4, -0.2) is 10.9 Å². The van der Waals surface area contributed by atoms with Crippen LogP contribution in [0.25, 0.3) is 11.0 Å². The van der Waals surface area contributed by atoms with Gasteiger partial charge < -0.3 is 9.15 Å². The minimum Gasteiger partial charge on any atom is -0.457 e. The summed E-state index contributed by atoms with van der Waals surface area (Å²) in [5.41, 5.74) is 1.24. The van der Waals surface area contributed by atoms with Crippen molar-refractivity contribution < 1.29 is 18.9 Å². The zero-order valence-corrected chi connectivity index (χ0v) is 15.2. The van der Waals surface area contributed by atoms with Gasteiger partial charge in [0, 0.05) is 33.7 Å². The molecule has 0 aliphatic heterocycles. The first-order chi connectivity index (χ1) is 12.8. The summed E-state index contributed by atoms with van der Waals surface area (Å²) in [5.74, 6) is -0.738. The van der Waals surface area contributed by atoms with Crippen molar-refractivity contribution in [1.82, 2.24) is 0 Å². The zero-order valence-electron chi connectivity index (χ0n) is 14.4. The molecule has 0 unspecified atom stereocenters. The molecule has 0 aliphatic rings. The molecule has 0 saturated carbocycles. The van der Waals surface area contributed by atoms with E-state index in [1.165, 1.54) is 18.2 Å². The first-order valence-electron chi connectivity index (χ1n) is 7.91. The van der Waals surface area contributed by atoms with E-state index in [0.29, 0.717) is 27.1 Å². The lowest BCUT2D eigenvalue weighted by Gasteiger charge is -2.09. The largest absolute Gasteiger partial charge is 0.457 e. The Bertz CT molecular complexity index is 1130. The van der Waals surface area contributed by atoms with Crippen LogP contribution in [0, 0.1) is 24.0 Å². The standard InChI is InChI=1S/C19H14ClNO6/c1-10-3-4-12(6-16(10)21(24)25)19(23)26-9-13-7-18(22)27-17-5-11(2)15(20)8-14(13)17/h3-8H,9H2,1-2H3. The summed E-state index contributed by atoms with van der Waals surface area (Å²) in [6.45, 7) is 3.15. The molecule has 0 spiro atoms. The zero-order chi connectivity index (χ0) is 19.7. The van der Waals surface area contributed by atoms with E-state index < -0.39 is 16.5 Å². The van der Waals surface area contributed by atoms with E-state index in [0.717, 1.165) is 11.6 Å². The van der Waals surface area contributed by atoms with Crippen molar-refractivity contribution in [3.63, 3.8) is 0 Å². The fourth-order valence-corrected chi connectivity index (χ4v) is 2.79. The minimum absolute atomic E-state index is 0.0495. The van der Waals surface area contributed by atoms with E-state index in [1.54, 1.807) is 26.0 Å². The predicted octanol–water partition coefficient (Wildman–Crippen LogP) is 4.33. The fourth-order valence-electron chi connectivity index (χ4n) is 2.63. The van der Waals surface area contributed by atoms with Crippen molar-refractivity contribution in [2.45, 2.75) is 20.5 Å². The summed E-state index contributed by atoms with van der Waals surface area (Å²) in [5, 5.41) is 12.0. The van der Waals surface area contributed by atoms with Crippen molar-refractivity contribution in [1.29, 1.82) is 0 Å². The van der Waals surface area contributed by atoms with E-state index in [4.69, 9.17) is 20.8 Å². The number of aryl methyl sites for hydroxylation is 2. The molecule has 1 heterocycles. The van der Waals surface area contributed by atoms with Gasteiger partial charge in [0.2, 0.25) is 0 Å². The Hall–Kier alpha value is -3.19. The van der Waals surface area contributed by atoms with Crippen LogP contribution in [0.15, 0.2) is 45.6 Å². The maximum atomic E-state index is 12.3. The second-order valence-corrected chi connectivity index (χ2v) is 6.43. The van der Waals surface area contributed by atoms with E-state index >= 15 is 0 Å². The second kappa shape index (κ2) is 7.20. The summed E-state index contributed by atoms with van der Waals surface area (Å²) in [6, 6.07) is 8.57. The number of fused-ring (bicyclic) bond motifs is 1. The SMILES string of the molecule is Cc1cc2oc(=O)cc(COC(=O)c3ccc(C)c([N+](=O)[O-])c3)c2cc1Cl. The van der Waals surface area contributed by atoms with E-state index in [1.807, 2.05) is 0 Å². The molecule has 7 nitrogen and oxygen atoms in total. The summed E-state index contributed by atoms with van der Waals surface area (Å²) in [7, 11) is 0. The molecule has 0 atom stereocenters. The van der Waals surface area contributed by atoms with Crippen LogP contribution < -0.4 is 5.63 Å². The predicted molar refractivity (Wildman–Crippen MR) is 99.2 cm³/mol. The molecule has 2 aromatic carbocycles. The number of nitro groups is 1. The lowest BCUT2D eigenvalue weighted by atomic mass is 10.1. The number of rotatable bonds is 4. The van der Waals surface area contributed by atoms with Crippen LogP contribution in [0.1, 0.15) is 27.0 Å². The van der Waals surface area contributed by atoms with E-state index in [-0.39, 0.29) is 17.9 Å². The minimum atomic E-state index is -0.738. The highest BCUT2D eigenvalue weighted by molar-refractivity contribution is 6.32. The van der Waals surface area contributed by atoms with Gasteiger partial charge in [-0.25, -0.2) is 9.59 Å². The van der Waals surface area contributed by atoms with Gasteiger partial charge in [0.15, 0.2) is 0 Å². The fraction of sp³-hybridized carbons (Fsp3) is 0.158. The van der Waals surface area contributed by atoms with Crippen molar-refractivity contribution in [2.24, 2.45) is 0 Å². The molecule has 0 N–H and O–H groups in total. The molecule has 27 heavy (non-hydrogen) atoms. The number of hydrogen-bond acceptors (Lipinski definition) is 6. The molecule has 0 saturated heterocycles. The van der Waals surface area contributed by atoms with Crippen LogP contribution in [0.5, 0.6) is 0 Å². The lowest BCUT2D eigenvalue weighted by molar-refractivity contribution is -0.385. The topological polar surface area (TPSA) is 99.7 Å². The van der Waals surface area contributed by atoms with Crippen LogP contribution in [0.3, 0.4) is 0 Å². The first kappa shape index (κ1) is 18.6. The number of carbonyl (C=O) groups is 1. The third kappa shape index (κ3) is 3.83. The van der Waals surface area contributed by atoms with Crippen LogP contribution in [-0.2, 0) is 11.3 Å². The smallest absolute Gasteiger partial charge is 0.338 e. The highest BCUT2D eigenvalue weighted by Crippen LogP contribution is 2.26. The van der Waals surface area contributed by atoms with Crippen LogP contribution in [0.4, 0.5) is 5.69 Å². The highest BCUT2D eigenvalue weighted by Gasteiger charge is 2.17. The monoisotopic (exact) mass is 387 g/mol. The van der Waals surface area contributed by atoms with Crippen molar-refractivity contribution in [3.05, 3.63) is 84.2 Å². The van der Waals surface area contributed by atoms with Gasteiger partial charge in [0.1, 0.15) is 12.2 Å². The average molecular weight is 388 g/mol. The Kier molecular flexibility index (Phi) is 4.96. The number of hydrogen-bond donors (Lipinski definition) is 0. The van der Waals surface area contributed by atoms with E-state index in [9.17, 15) is 19.7 Å². The Balaban J connectivity index is 1.90. The van der Waals surface area contributed by atoms with Crippen molar-refractivity contribution in [2.75, 3.05) is 0 Å². The molecule has 8 heteroatoms. The van der Waals surface area contributed by atoms with Gasteiger partial charge in [0.25, 0.3) is 5.69 Å². The number of carbonyl (C=O) groups excluding carboxylic acids is 1. The molecule has 3 rings (SSSR count). The molecule has 0 amide bonds. The Labute approximate surface area is 158 Å². The van der Waals surface area contributed by atoms with Gasteiger partial charge in [-0.2, -0.15) is 0 Å². The van der Waals surface area contributed by atoms with Gasteiger partial charge in [-0.15, -0.1) is 0 Å². The first-order valence-corrected chi connectivity index (χ1v) is 8.29. The second-order valence-electron chi connectivity index (χ2n) is 6.02. The molecule has 3 aromatic rings. The number of benzene rings is 2. The third-order valence-corrected chi connectivity index (χ3v) is 4.52. The molecular formula is C19H14ClNO6. The Morgan fingerprint density at radius 2 is 1.93 bits per heavy atom. The number of ether oxygens (including phenoxy) is 1. The number of nitrogens with zero attached hydrogens (tertiary/aromatic N) is 1. The summed E-state index contributed by atoms with van der Waals surface area (Å²) in [4.78, 5) is 34.5. The quantitative estimate of drug-likeness (QED) is 0.286. The van der Waals surface area contributed by atoms with Gasteiger partial charge in [-0.3, -0.25) is 10.1 Å². The Morgan fingerprint density at radius 1 is 1.19 bits per heavy atom. The highest BCUT2D eigenvalue weighted by atomic mass is 35.5. The van der Waals surface area contributed by atoms with Crippen molar-refractivity contribution in [3.8, 4) is 0 Å². The Morgan fingerprint density at radius 3 is 2.63 bits per heavy atom. The molecule has 1 aromatic heterocycles. The summed E-state index contributed by atoms with van der Waals surface area (Å²) in [6.07, 6.45) is 0. The number of nitro benzene ring substituents is 1. The third-order valence-electron chi connectivity index (χ3n) is 4.11. The van der Waals surface area contributed by atoms with Gasteiger partial charge in [-0.1, -0.05) is 17.7 Å². The van der Waals surface area contributed by atoms with E-state index in [2.05, 4.69) is 0 Å². The summed E-state index contributed by atoms with van der Waals surface area (Å²) < 4.78 is 10.4. The molecule has 138 valence electrons. The van der Waals surface area contributed by atoms with Crippen LogP contribution >= 0.6 is 11.6 Å². The molecule has 0 bridgehead atoms. The maximum absolute atomic E-state index is 12.3. The van der Waals surface area contributed by atoms with Gasteiger partial charge in [-0.05, 0) is 37.6 Å². The molecule has 0 fully saturated rings. The maximum Gasteiger partial charge on any atom is 0.338 e. The molecule has 0 aliphatic carbocycles. The normalized spacial score (nSPS) is 10.8. The molecule has 0 radical (unpaired) electrons. The summed E-state index contributed by atoms with van der Waals surface area (Å²) >= 11 is 6.13. The number of esters is 1. The number of halogens is 1. The van der Waals surface area contributed by atoms with Crippen LogP contribution in [0.2, 0.25) is 5.02 Å². The van der Waals surface area contributed by atoms with Gasteiger partial charge in [0.05, 0.1) is 10.5 Å². The average Bonchev–Trinajstić information content (AvgIpc) is 2.61.